The van der Waals surface area contributed by atoms with Gasteiger partial charge in [0.25, 0.3) is 0 Å². The summed E-state index contributed by atoms with van der Waals surface area (Å²) in [6.07, 6.45) is 3.24. The van der Waals surface area contributed by atoms with Crippen LogP contribution < -0.4 is 10.1 Å². The summed E-state index contributed by atoms with van der Waals surface area (Å²) in [5.74, 6) is 0.667. The topological polar surface area (TPSA) is 34.1 Å². The van der Waals surface area contributed by atoms with E-state index in [1.165, 1.54) is 5.56 Å². The maximum Gasteiger partial charge on any atom is 0.139 e. The molecule has 0 fully saturated rings. The largest absolute Gasteiger partial charge is 0.487 e. The Morgan fingerprint density at radius 2 is 2.10 bits per heavy atom. The van der Waals surface area contributed by atoms with Crippen LogP contribution in [0.2, 0.25) is 5.02 Å². The molecule has 0 unspecified atom stereocenters. The summed E-state index contributed by atoms with van der Waals surface area (Å²) in [5, 5.41) is 3.97. The maximum atomic E-state index is 5.88. The van der Waals surface area contributed by atoms with E-state index in [2.05, 4.69) is 58.3 Å². The third-order valence-corrected chi connectivity index (χ3v) is 3.85. The van der Waals surface area contributed by atoms with Crippen LogP contribution in [0.5, 0.6) is 5.75 Å². The van der Waals surface area contributed by atoms with Gasteiger partial charge < -0.3 is 10.1 Å². The standard InChI is InChI=1S/C16H18BrClN2O/c1-11(2)20-7-12-3-4-13(16(17)5-12)10-21-15-6-14(18)8-19-9-15/h3-6,8-9,11,20H,7,10H2,1-2H3. The molecule has 2 rings (SSSR count). The average Bonchev–Trinajstić information content (AvgIpc) is 2.44. The Balaban J connectivity index is 1.97. The molecule has 0 radical (unpaired) electrons. The Morgan fingerprint density at radius 1 is 1.29 bits per heavy atom. The molecule has 0 saturated heterocycles. The van der Waals surface area contributed by atoms with Crippen LogP contribution in [0.15, 0.2) is 41.1 Å². The first-order valence-corrected chi connectivity index (χ1v) is 7.95. The van der Waals surface area contributed by atoms with E-state index in [9.17, 15) is 0 Å². The number of rotatable bonds is 6. The lowest BCUT2D eigenvalue weighted by atomic mass is 10.1. The molecule has 0 aliphatic rings. The fourth-order valence-electron chi connectivity index (χ4n) is 1.77. The van der Waals surface area contributed by atoms with E-state index in [1.54, 1.807) is 18.5 Å². The van der Waals surface area contributed by atoms with E-state index >= 15 is 0 Å². The zero-order valence-electron chi connectivity index (χ0n) is 12.1. The lowest BCUT2D eigenvalue weighted by molar-refractivity contribution is 0.304. The summed E-state index contributed by atoms with van der Waals surface area (Å²) in [4.78, 5) is 4.00. The van der Waals surface area contributed by atoms with Crippen molar-refractivity contribution in [1.29, 1.82) is 0 Å². The van der Waals surface area contributed by atoms with Crippen molar-refractivity contribution >= 4 is 27.5 Å². The Labute approximate surface area is 138 Å². The number of hydrogen-bond acceptors (Lipinski definition) is 3. The van der Waals surface area contributed by atoms with Crippen molar-refractivity contribution in [3.05, 3.63) is 57.3 Å². The number of hydrogen-bond donors (Lipinski definition) is 1. The fraction of sp³-hybridized carbons (Fsp3) is 0.312. The molecule has 0 aliphatic heterocycles. The van der Waals surface area contributed by atoms with Crippen LogP contribution in [0, 0.1) is 0 Å². The van der Waals surface area contributed by atoms with Gasteiger partial charge in [0.15, 0.2) is 0 Å². The highest BCUT2D eigenvalue weighted by molar-refractivity contribution is 9.10. The first kappa shape index (κ1) is 16.3. The molecule has 0 saturated carbocycles. The smallest absolute Gasteiger partial charge is 0.139 e. The summed E-state index contributed by atoms with van der Waals surface area (Å²) in [6, 6.07) is 8.52. The van der Waals surface area contributed by atoms with E-state index in [0.717, 1.165) is 16.6 Å². The Morgan fingerprint density at radius 3 is 2.76 bits per heavy atom. The van der Waals surface area contributed by atoms with E-state index < -0.39 is 0 Å². The highest BCUT2D eigenvalue weighted by atomic mass is 79.9. The predicted octanol–water partition coefficient (Wildman–Crippen LogP) is 4.57. The Kier molecular flexibility index (Phi) is 6.03. The molecular weight excluding hydrogens is 352 g/mol. The van der Waals surface area contributed by atoms with Gasteiger partial charge in [0.2, 0.25) is 0 Å². The minimum Gasteiger partial charge on any atom is -0.487 e. The molecule has 1 aromatic carbocycles. The van der Waals surface area contributed by atoms with Crippen LogP contribution in [0.25, 0.3) is 0 Å². The SMILES string of the molecule is CC(C)NCc1ccc(COc2cncc(Cl)c2)c(Br)c1. The number of nitrogens with zero attached hydrogens (tertiary/aromatic N) is 1. The van der Waals surface area contributed by atoms with Gasteiger partial charge in [-0.25, -0.2) is 0 Å². The second kappa shape index (κ2) is 7.78. The van der Waals surface area contributed by atoms with Crippen molar-refractivity contribution < 1.29 is 4.74 Å². The van der Waals surface area contributed by atoms with Crippen molar-refractivity contribution in [2.45, 2.75) is 33.0 Å². The van der Waals surface area contributed by atoms with Gasteiger partial charge in [-0.05, 0) is 11.6 Å². The number of aromatic nitrogens is 1. The average molecular weight is 370 g/mol. The Hall–Kier alpha value is -1.10. The predicted molar refractivity (Wildman–Crippen MR) is 89.7 cm³/mol. The van der Waals surface area contributed by atoms with Gasteiger partial charge in [-0.2, -0.15) is 0 Å². The zero-order chi connectivity index (χ0) is 15.2. The molecule has 1 aromatic heterocycles. The molecule has 0 bridgehead atoms. The quantitative estimate of drug-likeness (QED) is 0.809. The van der Waals surface area contributed by atoms with Crippen molar-refractivity contribution in [3.8, 4) is 5.75 Å². The molecule has 3 nitrogen and oxygen atoms in total. The van der Waals surface area contributed by atoms with Crippen molar-refractivity contribution in [1.82, 2.24) is 10.3 Å². The van der Waals surface area contributed by atoms with Crippen LogP contribution in [0.3, 0.4) is 0 Å². The van der Waals surface area contributed by atoms with Crippen LogP contribution in [0.4, 0.5) is 0 Å². The monoisotopic (exact) mass is 368 g/mol. The number of pyridine rings is 1. The van der Waals surface area contributed by atoms with Crippen LogP contribution in [-0.4, -0.2) is 11.0 Å². The summed E-state index contributed by atoms with van der Waals surface area (Å²) >= 11 is 9.47. The maximum absolute atomic E-state index is 5.88. The van der Waals surface area contributed by atoms with Crippen LogP contribution >= 0.6 is 27.5 Å². The van der Waals surface area contributed by atoms with E-state index in [1.807, 2.05) is 0 Å². The molecule has 2 aromatic rings. The van der Waals surface area contributed by atoms with Gasteiger partial charge in [-0.15, -0.1) is 0 Å². The Bertz CT molecular complexity index is 605. The molecule has 0 aliphatic carbocycles. The minimum absolute atomic E-state index is 0.473. The number of halogens is 2. The normalized spacial score (nSPS) is 10.9. The van der Waals surface area contributed by atoms with E-state index in [4.69, 9.17) is 16.3 Å². The summed E-state index contributed by atoms with van der Waals surface area (Å²) in [7, 11) is 0. The van der Waals surface area contributed by atoms with Gasteiger partial charge in [0.05, 0.1) is 11.2 Å². The van der Waals surface area contributed by atoms with Crippen molar-refractivity contribution in [3.63, 3.8) is 0 Å². The van der Waals surface area contributed by atoms with E-state index in [-0.39, 0.29) is 0 Å². The first-order valence-electron chi connectivity index (χ1n) is 6.78. The first-order chi connectivity index (χ1) is 10.0. The lowest BCUT2D eigenvalue weighted by Gasteiger charge is -2.11. The molecular formula is C16H18BrClN2O. The second-order valence-corrected chi connectivity index (χ2v) is 6.38. The van der Waals surface area contributed by atoms with Gasteiger partial charge >= 0.3 is 0 Å². The van der Waals surface area contributed by atoms with Gasteiger partial charge in [-0.1, -0.05) is 53.5 Å². The van der Waals surface area contributed by atoms with Crippen molar-refractivity contribution in [2.24, 2.45) is 0 Å². The number of ether oxygens (including phenoxy) is 1. The lowest BCUT2D eigenvalue weighted by Crippen LogP contribution is -2.21. The second-order valence-electron chi connectivity index (χ2n) is 5.09. The molecule has 1 heterocycles. The molecule has 0 atom stereocenters. The van der Waals surface area contributed by atoms with Crippen LogP contribution in [0.1, 0.15) is 25.0 Å². The third kappa shape index (κ3) is 5.30. The third-order valence-electron chi connectivity index (χ3n) is 2.91. The van der Waals surface area contributed by atoms with Gasteiger partial charge in [0, 0.05) is 34.9 Å². The summed E-state index contributed by atoms with van der Waals surface area (Å²) in [6.45, 7) is 5.60. The van der Waals surface area contributed by atoms with E-state index in [0.29, 0.717) is 23.4 Å². The molecule has 0 spiro atoms. The fourth-order valence-corrected chi connectivity index (χ4v) is 2.48. The highest BCUT2D eigenvalue weighted by Gasteiger charge is 2.04. The minimum atomic E-state index is 0.473. The summed E-state index contributed by atoms with van der Waals surface area (Å²) in [5.41, 5.74) is 2.33. The molecule has 21 heavy (non-hydrogen) atoms. The summed E-state index contributed by atoms with van der Waals surface area (Å²) < 4.78 is 6.74. The number of nitrogens with one attached hydrogen (secondary N) is 1. The molecule has 112 valence electrons. The van der Waals surface area contributed by atoms with Crippen LogP contribution in [-0.2, 0) is 13.2 Å². The highest BCUT2D eigenvalue weighted by Crippen LogP contribution is 2.22. The van der Waals surface area contributed by atoms with Gasteiger partial charge in [-0.3, -0.25) is 4.98 Å². The molecule has 0 amide bonds. The number of benzene rings is 1. The zero-order valence-corrected chi connectivity index (χ0v) is 14.4. The molecule has 1 N–H and O–H groups in total. The van der Waals surface area contributed by atoms with Crippen molar-refractivity contribution in [2.75, 3.05) is 0 Å². The molecule has 5 heteroatoms. The van der Waals surface area contributed by atoms with Gasteiger partial charge in [0.1, 0.15) is 12.4 Å².